The van der Waals surface area contributed by atoms with Crippen LogP contribution in [0.2, 0.25) is 5.02 Å². The first-order valence-corrected chi connectivity index (χ1v) is 11.3. The Bertz CT molecular complexity index is 1520. The van der Waals surface area contributed by atoms with Crippen LogP contribution >= 0.6 is 11.6 Å². The first-order valence-electron chi connectivity index (χ1n) is 10.9. The maximum Gasteiger partial charge on any atom is 0.332 e. The van der Waals surface area contributed by atoms with E-state index < -0.39 is 17.4 Å². The lowest BCUT2D eigenvalue weighted by Gasteiger charge is -2.30. The van der Waals surface area contributed by atoms with Gasteiger partial charge >= 0.3 is 5.69 Å². The van der Waals surface area contributed by atoms with Crippen LogP contribution in [-0.2, 0) is 20.6 Å². The number of hydrogen-bond acceptors (Lipinski definition) is 7. The van der Waals surface area contributed by atoms with E-state index in [4.69, 9.17) is 16.0 Å². The third-order valence-corrected chi connectivity index (χ3v) is 6.56. The van der Waals surface area contributed by atoms with E-state index in [0.29, 0.717) is 35.9 Å². The minimum Gasteiger partial charge on any atom is -0.419 e. The average Bonchev–Trinajstić information content (AvgIpc) is 3.44. The quantitative estimate of drug-likeness (QED) is 0.435. The van der Waals surface area contributed by atoms with Crippen molar-refractivity contribution in [3.05, 3.63) is 55.5 Å². The summed E-state index contributed by atoms with van der Waals surface area (Å²) in [4.78, 5) is 31.9. The van der Waals surface area contributed by atoms with Crippen LogP contribution in [0.25, 0.3) is 22.6 Å². The predicted molar refractivity (Wildman–Crippen MR) is 125 cm³/mol. The Morgan fingerprint density at radius 3 is 2.74 bits per heavy atom. The monoisotopic (exact) mass is 487 g/mol. The molecule has 4 heterocycles. The van der Waals surface area contributed by atoms with Crippen molar-refractivity contribution >= 4 is 28.7 Å². The van der Waals surface area contributed by atoms with Crippen LogP contribution < -0.4 is 16.1 Å². The summed E-state index contributed by atoms with van der Waals surface area (Å²) in [6.07, 6.45) is 0.124. The van der Waals surface area contributed by atoms with E-state index >= 15 is 0 Å². The molecular formula is C22H23ClFN7O3. The van der Waals surface area contributed by atoms with Crippen LogP contribution in [0.3, 0.4) is 0 Å². The molecule has 1 aliphatic heterocycles. The highest BCUT2D eigenvalue weighted by molar-refractivity contribution is 6.31. The number of rotatable bonds is 4. The lowest BCUT2D eigenvalue weighted by molar-refractivity contribution is 0.284. The highest BCUT2D eigenvalue weighted by Gasteiger charge is 2.28. The van der Waals surface area contributed by atoms with Crippen molar-refractivity contribution in [3.8, 4) is 11.5 Å². The largest absolute Gasteiger partial charge is 0.419 e. The molecule has 0 radical (unpaired) electrons. The molecule has 1 aliphatic rings. The molecule has 1 saturated heterocycles. The fraction of sp³-hybridized carbons (Fsp3) is 0.409. The van der Waals surface area contributed by atoms with Crippen molar-refractivity contribution in [3.63, 3.8) is 0 Å². The maximum absolute atomic E-state index is 14.2. The van der Waals surface area contributed by atoms with Crippen LogP contribution in [0, 0.1) is 6.92 Å². The topological polar surface area (TPSA) is 104 Å². The number of halogens is 2. The van der Waals surface area contributed by atoms with E-state index in [1.165, 1.54) is 11.6 Å². The van der Waals surface area contributed by atoms with Crippen LogP contribution in [0.5, 0.6) is 0 Å². The zero-order valence-corrected chi connectivity index (χ0v) is 19.7. The Hall–Kier alpha value is -3.47. The Morgan fingerprint density at radius 2 is 2.00 bits per heavy atom. The van der Waals surface area contributed by atoms with Gasteiger partial charge in [0, 0.05) is 31.2 Å². The van der Waals surface area contributed by atoms with Gasteiger partial charge in [0.2, 0.25) is 17.7 Å². The molecule has 4 aromatic rings. The van der Waals surface area contributed by atoms with Gasteiger partial charge in [0.25, 0.3) is 5.56 Å². The molecule has 0 aliphatic carbocycles. The van der Waals surface area contributed by atoms with Gasteiger partial charge in [-0.1, -0.05) is 17.7 Å². The molecule has 1 aromatic carbocycles. The number of aromatic nitrogens is 6. The molecule has 1 unspecified atom stereocenters. The van der Waals surface area contributed by atoms with E-state index in [1.807, 2.05) is 19.1 Å². The molecular weight excluding hydrogens is 465 g/mol. The van der Waals surface area contributed by atoms with E-state index in [9.17, 15) is 14.0 Å². The Kier molecular flexibility index (Phi) is 5.51. The maximum atomic E-state index is 14.2. The summed E-state index contributed by atoms with van der Waals surface area (Å²) < 4.78 is 24.0. The van der Waals surface area contributed by atoms with Crippen molar-refractivity contribution in [2.45, 2.75) is 32.5 Å². The highest BCUT2D eigenvalue weighted by Crippen LogP contribution is 2.27. The van der Waals surface area contributed by atoms with Crippen molar-refractivity contribution in [1.82, 2.24) is 28.9 Å². The van der Waals surface area contributed by atoms with E-state index in [-0.39, 0.29) is 36.0 Å². The Balaban J connectivity index is 1.63. The fourth-order valence-electron chi connectivity index (χ4n) is 4.23. The molecule has 1 atom stereocenters. The van der Waals surface area contributed by atoms with Gasteiger partial charge in [-0.05, 0) is 37.5 Å². The second kappa shape index (κ2) is 8.39. The molecule has 0 spiro atoms. The van der Waals surface area contributed by atoms with Gasteiger partial charge in [0.15, 0.2) is 11.2 Å². The summed E-state index contributed by atoms with van der Waals surface area (Å²) in [5, 5.41) is 8.84. The van der Waals surface area contributed by atoms with E-state index in [0.717, 1.165) is 10.1 Å². The number of hydrogen-bond donors (Lipinski definition) is 0. The summed E-state index contributed by atoms with van der Waals surface area (Å²) in [7, 11) is 2.96. The van der Waals surface area contributed by atoms with E-state index in [1.54, 1.807) is 22.6 Å². The summed E-state index contributed by atoms with van der Waals surface area (Å²) in [5.41, 5.74) is 1.02. The van der Waals surface area contributed by atoms with Gasteiger partial charge in [-0.25, -0.2) is 9.18 Å². The molecule has 1 fully saturated rings. The lowest BCUT2D eigenvalue weighted by Crippen LogP contribution is -2.38. The lowest BCUT2D eigenvalue weighted by atomic mass is 10.1. The number of nitrogens with zero attached hydrogens (tertiary/aromatic N) is 7. The van der Waals surface area contributed by atoms with Crippen LogP contribution in [0.4, 0.5) is 10.3 Å². The van der Waals surface area contributed by atoms with Gasteiger partial charge in [0.05, 0.1) is 6.54 Å². The van der Waals surface area contributed by atoms with Crippen molar-refractivity contribution in [2.24, 2.45) is 14.1 Å². The number of aryl methyl sites for hydroxylation is 2. The third kappa shape index (κ3) is 3.69. The minimum atomic E-state index is -1.00. The first-order chi connectivity index (χ1) is 16.2. The third-order valence-electron chi connectivity index (χ3n) is 6.15. The van der Waals surface area contributed by atoms with Gasteiger partial charge < -0.3 is 9.32 Å². The molecule has 0 N–H and O–H groups in total. The fourth-order valence-corrected chi connectivity index (χ4v) is 4.41. The molecule has 34 heavy (non-hydrogen) atoms. The van der Waals surface area contributed by atoms with Gasteiger partial charge in [0.1, 0.15) is 12.7 Å². The number of piperidine rings is 1. The van der Waals surface area contributed by atoms with Crippen LogP contribution in [0.15, 0.2) is 32.2 Å². The smallest absolute Gasteiger partial charge is 0.332 e. The van der Waals surface area contributed by atoms with Gasteiger partial charge in [-0.2, -0.15) is 4.98 Å². The molecule has 3 aromatic heterocycles. The number of alkyl halides is 1. The standard InChI is InChI=1S/C22H23ClFN7O3/c1-12-6-7-13(9-15(12)23)19-27-26-16(34-19)11-31-17-18(28(2)22(33)29(3)20(17)32)25-21(31)30-8-4-5-14(24)10-30/h6-7,9,14H,4-5,8,10-11H2,1-3H3. The van der Waals surface area contributed by atoms with Gasteiger partial charge in [-0.3, -0.25) is 18.5 Å². The minimum absolute atomic E-state index is 0.0271. The van der Waals surface area contributed by atoms with E-state index in [2.05, 4.69) is 15.2 Å². The highest BCUT2D eigenvalue weighted by atomic mass is 35.5. The Morgan fingerprint density at radius 1 is 1.21 bits per heavy atom. The second-order valence-corrected chi connectivity index (χ2v) is 8.93. The Labute approximate surface area is 198 Å². The molecule has 5 rings (SSSR count). The molecule has 0 bridgehead atoms. The predicted octanol–water partition coefficient (Wildman–Crippen LogP) is 2.43. The van der Waals surface area contributed by atoms with Crippen LogP contribution in [-0.4, -0.2) is 48.1 Å². The van der Waals surface area contributed by atoms with Crippen LogP contribution in [0.1, 0.15) is 24.3 Å². The zero-order chi connectivity index (χ0) is 24.1. The van der Waals surface area contributed by atoms with Crippen molar-refractivity contribution < 1.29 is 8.81 Å². The molecule has 178 valence electrons. The summed E-state index contributed by atoms with van der Waals surface area (Å²) in [6.45, 7) is 2.65. The van der Waals surface area contributed by atoms with Gasteiger partial charge in [-0.15, -0.1) is 10.2 Å². The number of anilines is 1. The second-order valence-electron chi connectivity index (χ2n) is 8.53. The number of fused-ring (bicyclic) bond motifs is 1. The summed E-state index contributed by atoms with van der Waals surface area (Å²) in [5.74, 6) is 0.899. The number of benzene rings is 1. The van der Waals surface area contributed by atoms with Crippen molar-refractivity contribution in [1.29, 1.82) is 0 Å². The summed E-state index contributed by atoms with van der Waals surface area (Å²) in [6, 6.07) is 5.43. The summed E-state index contributed by atoms with van der Waals surface area (Å²) >= 11 is 6.23. The molecule has 10 nitrogen and oxygen atoms in total. The average molecular weight is 488 g/mol. The zero-order valence-electron chi connectivity index (χ0n) is 19.0. The normalized spacial score (nSPS) is 16.5. The SMILES string of the molecule is Cc1ccc(-c2nnc(Cn3c(N4CCCC(F)C4)nc4c3c(=O)n(C)c(=O)n4C)o2)cc1Cl. The molecule has 0 amide bonds. The number of imidazole rings is 1. The first kappa shape index (κ1) is 22.3. The molecule has 12 heteroatoms. The van der Waals surface area contributed by atoms with Crippen molar-refractivity contribution in [2.75, 3.05) is 18.0 Å². The molecule has 0 saturated carbocycles.